The maximum Gasteiger partial charge on any atom is 0.371 e. The van der Waals surface area contributed by atoms with Crippen molar-refractivity contribution in [2.75, 3.05) is 26.2 Å². The molecule has 1 aliphatic carbocycles. The lowest BCUT2D eigenvalue weighted by atomic mass is 10.3. The molecular formula is C12H15BrN2O5S. The summed E-state index contributed by atoms with van der Waals surface area (Å²) in [5.74, 6) is -1.69. The van der Waals surface area contributed by atoms with Crippen LogP contribution in [0.1, 0.15) is 23.4 Å². The van der Waals surface area contributed by atoms with Gasteiger partial charge in [-0.15, -0.1) is 0 Å². The molecule has 1 saturated carbocycles. The second kappa shape index (κ2) is 5.38. The third-order valence-electron chi connectivity index (χ3n) is 3.82. The number of piperazine rings is 1. The summed E-state index contributed by atoms with van der Waals surface area (Å²) in [6, 6.07) is 1.67. The third kappa shape index (κ3) is 2.87. The minimum atomic E-state index is -3.73. The fourth-order valence-corrected chi connectivity index (χ4v) is 4.85. The van der Waals surface area contributed by atoms with Gasteiger partial charge in [0, 0.05) is 38.3 Å². The first-order valence-electron chi connectivity index (χ1n) is 6.66. The molecule has 2 heterocycles. The number of furan rings is 1. The molecule has 0 unspecified atom stereocenters. The largest absolute Gasteiger partial charge is 0.475 e. The summed E-state index contributed by atoms with van der Waals surface area (Å²) in [6.07, 6.45) is 2.39. The fourth-order valence-electron chi connectivity index (χ4n) is 2.52. The number of halogens is 1. The normalized spacial score (nSPS) is 21.6. The van der Waals surface area contributed by atoms with Crippen LogP contribution in [-0.4, -0.2) is 60.9 Å². The van der Waals surface area contributed by atoms with E-state index < -0.39 is 21.8 Å². The average molecular weight is 379 g/mol. The molecule has 21 heavy (non-hydrogen) atoms. The Morgan fingerprint density at radius 1 is 1.29 bits per heavy atom. The Balaban J connectivity index is 1.79. The quantitative estimate of drug-likeness (QED) is 0.846. The highest BCUT2D eigenvalue weighted by atomic mass is 79.9. The van der Waals surface area contributed by atoms with Crippen LogP contribution in [0.4, 0.5) is 0 Å². The van der Waals surface area contributed by atoms with Gasteiger partial charge in [0.05, 0.1) is 0 Å². The zero-order valence-corrected chi connectivity index (χ0v) is 13.6. The summed E-state index contributed by atoms with van der Waals surface area (Å²) in [6.45, 7) is 2.26. The molecule has 0 radical (unpaired) electrons. The van der Waals surface area contributed by atoms with Crippen molar-refractivity contribution in [3.63, 3.8) is 0 Å². The smallest absolute Gasteiger partial charge is 0.371 e. The second-order valence-electron chi connectivity index (χ2n) is 5.22. The topological polar surface area (TPSA) is 91.1 Å². The lowest BCUT2D eigenvalue weighted by Crippen LogP contribution is -2.49. The van der Waals surface area contributed by atoms with Crippen molar-refractivity contribution in [2.45, 2.75) is 23.8 Å². The molecule has 1 aliphatic heterocycles. The number of aromatic carboxylic acids is 1. The summed E-state index contributed by atoms with van der Waals surface area (Å²) in [5, 5.41) is 8.87. The molecule has 0 bridgehead atoms. The Morgan fingerprint density at radius 2 is 1.90 bits per heavy atom. The molecule has 0 aromatic carbocycles. The number of carboxylic acid groups (broad SMARTS) is 1. The first-order chi connectivity index (χ1) is 9.89. The number of carboxylic acids is 1. The van der Waals surface area contributed by atoms with Crippen LogP contribution in [-0.2, 0) is 10.0 Å². The van der Waals surface area contributed by atoms with Crippen molar-refractivity contribution in [2.24, 2.45) is 0 Å². The van der Waals surface area contributed by atoms with Crippen LogP contribution >= 0.6 is 15.9 Å². The summed E-state index contributed by atoms with van der Waals surface area (Å²) in [4.78, 5) is 13.0. The second-order valence-corrected chi connectivity index (χ2v) is 7.85. The predicted molar refractivity (Wildman–Crippen MR) is 76.7 cm³/mol. The molecule has 7 nitrogen and oxygen atoms in total. The van der Waals surface area contributed by atoms with Gasteiger partial charge in [0.15, 0.2) is 4.67 Å². The number of hydrogen-bond acceptors (Lipinski definition) is 5. The van der Waals surface area contributed by atoms with Crippen LogP contribution in [0.25, 0.3) is 0 Å². The summed E-state index contributed by atoms with van der Waals surface area (Å²) < 4.78 is 31.4. The molecular weight excluding hydrogens is 364 g/mol. The van der Waals surface area contributed by atoms with E-state index in [0.29, 0.717) is 32.2 Å². The van der Waals surface area contributed by atoms with Crippen LogP contribution in [0.3, 0.4) is 0 Å². The standard InChI is InChI=1S/C12H15BrN2O5S/c13-11-10(7-9(20-11)12(16)17)21(18,19)15-5-3-14(4-6-15)8-1-2-8/h7-8H,1-6H2,(H,16,17). The molecule has 9 heteroatoms. The Bertz CT molecular complexity index is 659. The Kier molecular flexibility index (Phi) is 3.85. The van der Waals surface area contributed by atoms with E-state index in [9.17, 15) is 13.2 Å². The van der Waals surface area contributed by atoms with Gasteiger partial charge < -0.3 is 9.52 Å². The first kappa shape index (κ1) is 15.0. The lowest BCUT2D eigenvalue weighted by Gasteiger charge is -2.33. The number of rotatable bonds is 4. The Morgan fingerprint density at radius 3 is 2.38 bits per heavy atom. The van der Waals surface area contributed by atoms with Gasteiger partial charge in [0.25, 0.3) is 0 Å². The van der Waals surface area contributed by atoms with Crippen molar-refractivity contribution >= 4 is 31.9 Å². The van der Waals surface area contributed by atoms with Gasteiger partial charge in [0.1, 0.15) is 4.90 Å². The van der Waals surface area contributed by atoms with Gasteiger partial charge in [-0.05, 0) is 28.8 Å². The van der Waals surface area contributed by atoms with E-state index in [0.717, 1.165) is 6.07 Å². The number of hydrogen-bond donors (Lipinski definition) is 1. The van der Waals surface area contributed by atoms with Crippen molar-refractivity contribution in [3.05, 3.63) is 16.5 Å². The van der Waals surface area contributed by atoms with Crippen LogP contribution in [0.5, 0.6) is 0 Å². The molecule has 1 aromatic heterocycles. The minimum absolute atomic E-state index is 0.0653. The lowest BCUT2D eigenvalue weighted by molar-refractivity contribution is 0.0661. The third-order valence-corrected chi connectivity index (χ3v) is 6.58. The monoisotopic (exact) mass is 378 g/mol. The molecule has 2 aliphatic rings. The zero-order chi connectivity index (χ0) is 15.2. The zero-order valence-electron chi connectivity index (χ0n) is 11.2. The van der Waals surface area contributed by atoms with Crippen molar-refractivity contribution in [3.8, 4) is 0 Å². The maximum atomic E-state index is 12.6. The predicted octanol–water partition coefficient (Wildman–Crippen LogP) is 1.21. The number of carbonyl (C=O) groups is 1. The van der Waals surface area contributed by atoms with Crippen molar-refractivity contribution in [1.29, 1.82) is 0 Å². The van der Waals surface area contributed by atoms with Crippen molar-refractivity contribution in [1.82, 2.24) is 9.21 Å². The SMILES string of the molecule is O=C(O)c1cc(S(=O)(=O)N2CCN(C3CC3)CC2)c(Br)o1. The fraction of sp³-hybridized carbons (Fsp3) is 0.583. The van der Waals surface area contributed by atoms with E-state index in [1.165, 1.54) is 17.1 Å². The van der Waals surface area contributed by atoms with E-state index in [1.54, 1.807) is 0 Å². The summed E-state index contributed by atoms with van der Waals surface area (Å²) in [7, 11) is -3.73. The molecule has 116 valence electrons. The highest BCUT2D eigenvalue weighted by Gasteiger charge is 2.36. The average Bonchev–Trinajstić information content (AvgIpc) is 3.21. The van der Waals surface area contributed by atoms with E-state index in [4.69, 9.17) is 9.52 Å². The number of sulfonamides is 1. The molecule has 3 rings (SSSR count). The van der Waals surface area contributed by atoms with Crippen molar-refractivity contribution < 1.29 is 22.7 Å². The van der Waals surface area contributed by atoms with Gasteiger partial charge in [-0.1, -0.05) is 0 Å². The van der Waals surface area contributed by atoms with Gasteiger partial charge in [-0.3, -0.25) is 4.90 Å². The van der Waals surface area contributed by atoms with E-state index >= 15 is 0 Å². The summed E-state index contributed by atoms with van der Waals surface area (Å²) in [5.41, 5.74) is 0. The highest BCUT2D eigenvalue weighted by molar-refractivity contribution is 9.10. The van der Waals surface area contributed by atoms with Gasteiger partial charge in [-0.2, -0.15) is 4.31 Å². The van der Waals surface area contributed by atoms with Crippen LogP contribution in [0.15, 0.2) is 20.0 Å². The highest BCUT2D eigenvalue weighted by Crippen LogP contribution is 2.31. The van der Waals surface area contributed by atoms with E-state index in [-0.39, 0.29) is 9.56 Å². The number of nitrogens with zero attached hydrogens (tertiary/aromatic N) is 2. The first-order valence-corrected chi connectivity index (χ1v) is 8.90. The van der Waals surface area contributed by atoms with E-state index in [2.05, 4.69) is 20.8 Å². The molecule has 0 spiro atoms. The molecule has 2 fully saturated rings. The molecule has 1 aromatic rings. The maximum absolute atomic E-state index is 12.6. The van der Waals surface area contributed by atoms with Crippen LogP contribution < -0.4 is 0 Å². The van der Waals surface area contributed by atoms with Crippen LogP contribution in [0, 0.1) is 0 Å². The van der Waals surface area contributed by atoms with Gasteiger partial charge in [0.2, 0.25) is 15.8 Å². The molecule has 1 saturated heterocycles. The molecule has 1 N–H and O–H groups in total. The Labute approximate surface area is 130 Å². The molecule has 0 atom stereocenters. The summed E-state index contributed by atoms with van der Waals surface area (Å²) >= 11 is 2.99. The van der Waals surface area contributed by atoms with E-state index in [1.807, 2.05) is 0 Å². The van der Waals surface area contributed by atoms with Crippen LogP contribution in [0.2, 0.25) is 0 Å². The van der Waals surface area contributed by atoms with Gasteiger partial charge >= 0.3 is 5.97 Å². The minimum Gasteiger partial charge on any atom is -0.475 e. The molecule has 0 amide bonds. The van der Waals surface area contributed by atoms with Gasteiger partial charge in [-0.25, -0.2) is 13.2 Å². The Hall–Kier alpha value is -0.900.